The number of ether oxygens (including phenoxy) is 2. The lowest BCUT2D eigenvalue weighted by molar-refractivity contribution is -0.135. The SMILES string of the molecule is CN(C1CCC(F)(F)CC1)[C@H]1C[C@H]2C(=O)NC3(CCN(Cc4ccc5c(c4)OCO5)CC3)CC(=O)N2C1. The number of halogens is 2. The topological polar surface area (TPSA) is 74.4 Å². The number of amides is 2. The molecule has 4 aliphatic heterocycles. The highest BCUT2D eigenvalue weighted by Gasteiger charge is 2.50. The van der Waals surface area contributed by atoms with Crippen molar-refractivity contribution in [1.29, 1.82) is 0 Å². The van der Waals surface area contributed by atoms with Crippen molar-refractivity contribution in [3.63, 3.8) is 0 Å². The van der Waals surface area contributed by atoms with E-state index in [9.17, 15) is 18.4 Å². The number of nitrogens with zero attached hydrogens (tertiary/aromatic N) is 3. The van der Waals surface area contributed by atoms with Crippen molar-refractivity contribution in [3.05, 3.63) is 23.8 Å². The molecule has 1 aromatic rings. The normalized spacial score (nSPS) is 29.5. The number of fused-ring (bicyclic) bond motifs is 2. The third-order valence-corrected chi connectivity index (χ3v) is 9.27. The Bertz CT molecular complexity index is 1020. The summed E-state index contributed by atoms with van der Waals surface area (Å²) in [5, 5.41) is 3.28. The van der Waals surface area contributed by atoms with Crippen LogP contribution in [0.1, 0.15) is 56.9 Å². The predicted molar refractivity (Wildman–Crippen MR) is 131 cm³/mol. The van der Waals surface area contributed by atoms with Crippen LogP contribution in [0.2, 0.25) is 0 Å². The number of hydrogen-bond acceptors (Lipinski definition) is 6. The number of nitrogens with one attached hydrogen (secondary N) is 1. The van der Waals surface area contributed by atoms with Gasteiger partial charge in [0.1, 0.15) is 6.04 Å². The van der Waals surface area contributed by atoms with Gasteiger partial charge in [0.2, 0.25) is 24.5 Å². The van der Waals surface area contributed by atoms with E-state index in [-0.39, 0.29) is 43.5 Å². The fourth-order valence-electron chi connectivity index (χ4n) is 6.88. The fraction of sp³-hybridized carbons (Fsp3) is 0.704. The molecule has 1 aromatic carbocycles. The molecular weight excluding hydrogens is 482 g/mol. The molecule has 10 heteroatoms. The minimum atomic E-state index is -2.56. The molecule has 3 saturated heterocycles. The van der Waals surface area contributed by atoms with E-state index >= 15 is 0 Å². The molecule has 4 heterocycles. The molecule has 8 nitrogen and oxygen atoms in total. The van der Waals surface area contributed by atoms with Crippen molar-refractivity contribution in [1.82, 2.24) is 20.0 Å². The van der Waals surface area contributed by atoms with Crippen LogP contribution in [0, 0.1) is 0 Å². The Kier molecular flexibility index (Phi) is 6.30. The summed E-state index contributed by atoms with van der Waals surface area (Å²) in [6, 6.07) is 5.63. The number of rotatable bonds is 4. The number of alkyl halides is 2. The van der Waals surface area contributed by atoms with Gasteiger partial charge in [-0.05, 0) is 56.8 Å². The van der Waals surface area contributed by atoms with Crippen molar-refractivity contribution in [2.75, 3.05) is 33.5 Å². The van der Waals surface area contributed by atoms with E-state index in [1.54, 1.807) is 4.90 Å². The maximum Gasteiger partial charge on any atom is 0.248 e. The molecule has 202 valence electrons. The Morgan fingerprint density at radius 3 is 2.54 bits per heavy atom. The van der Waals surface area contributed by atoms with Crippen molar-refractivity contribution in [2.24, 2.45) is 0 Å². The highest BCUT2D eigenvalue weighted by Crippen LogP contribution is 2.38. The molecule has 5 aliphatic rings. The first-order valence-corrected chi connectivity index (χ1v) is 13.5. The highest BCUT2D eigenvalue weighted by molar-refractivity contribution is 5.92. The average molecular weight is 519 g/mol. The number of benzene rings is 1. The second kappa shape index (κ2) is 9.38. The quantitative estimate of drug-likeness (QED) is 0.661. The predicted octanol–water partition coefficient (Wildman–Crippen LogP) is 2.75. The summed E-state index contributed by atoms with van der Waals surface area (Å²) in [5.74, 6) is -1.05. The smallest absolute Gasteiger partial charge is 0.248 e. The Morgan fingerprint density at radius 2 is 1.78 bits per heavy atom. The van der Waals surface area contributed by atoms with Crippen LogP contribution in [-0.2, 0) is 16.1 Å². The Hall–Kier alpha value is -2.46. The van der Waals surface area contributed by atoms with Gasteiger partial charge < -0.3 is 19.7 Å². The molecule has 2 atom stereocenters. The molecule has 0 unspecified atom stereocenters. The second-order valence-electron chi connectivity index (χ2n) is 11.6. The van der Waals surface area contributed by atoms with E-state index in [4.69, 9.17) is 9.47 Å². The monoisotopic (exact) mass is 518 g/mol. The molecular formula is C27H36F2N4O4. The highest BCUT2D eigenvalue weighted by atomic mass is 19.3. The van der Waals surface area contributed by atoms with Gasteiger partial charge in [-0.3, -0.25) is 19.4 Å². The summed E-state index contributed by atoms with van der Waals surface area (Å²) in [5.41, 5.74) is 0.652. The zero-order chi connectivity index (χ0) is 25.8. The van der Waals surface area contributed by atoms with Crippen LogP contribution < -0.4 is 14.8 Å². The second-order valence-corrected chi connectivity index (χ2v) is 11.6. The zero-order valence-electron chi connectivity index (χ0n) is 21.4. The summed E-state index contributed by atoms with van der Waals surface area (Å²) < 4.78 is 38.1. The van der Waals surface area contributed by atoms with Gasteiger partial charge in [-0.2, -0.15) is 0 Å². The number of carbonyl (C=O) groups excluding carboxylic acids is 2. The molecule has 0 bridgehead atoms. The van der Waals surface area contributed by atoms with Crippen LogP contribution in [-0.4, -0.2) is 89.6 Å². The summed E-state index contributed by atoms with van der Waals surface area (Å²) in [6.07, 6.45) is 3.08. The Morgan fingerprint density at radius 1 is 1.05 bits per heavy atom. The summed E-state index contributed by atoms with van der Waals surface area (Å²) in [7, 11) is 1.96. The fourth-order valence-corrected chi connectivity index (χ4v) is 6.88. The van der Waals surface area contributed by atoms with E-state index < -0.39 is 17.5 Å². The first-order chi connectivity index (χ1) is 17.7. The van der Waals surface area contributed by atoms with Gasteiger partial charge in [-0.1, -0.05) is 6.07 Å². The number of likely N-dealkylation sites (N-methyl/N-ethyl adjacent to an activating group) is 1. The number of likely N-dealkylation sites (tertiary alicyclic amines) is 1. The Labute approximate surface area is 216 Å². The lowest BCUT2D eigenvalue weighted by Crippen LogP contribution is -2.56. The van der Waals surface area contributed by atoms with E-state index in [1.165, 1.54) is 0 Å². The van der Waals surface area contributed by atoms with Gasteiger partial charge in [0.05, 0.1) is 12.0 Å². The third kappa shape index (κ3) is 4.90. The van der Waals surface area contributed by atoms with Crippen LogP contribution in [0.4, 0.5) is 8.78 Å². The third-order valence-electron chi connectivity index (χ3n) is 9.27. The lowest BCUT2D eigenvalue weighted by Gasteiger charge is -2.41. The van der Waals surface area contributed by atoms with Crippen molar-refractivity contribution < 1.29 is 27.8 Å². The number of carbonyl (C=O) groups is 2. The average Bonchev–Trinajstić information content (AvgIpc) is 3.51. The number of piperidine rings is 1. The first kappa shape index (κ1) is 24.9. The first-order valence-electron chi connectivity index (χ1n) is 13.5. The molecule has 1 saturated carbocycles. The minimum absolute atomic E-state index is 0.0222. The lowest BCUT2D eigenvalue weighted by atomic mass is 9.83. The molecule has 0 radical (unpaired) electrons. The van der Waals surface area contributed by atoms with Crippen molar-refractivity contribution in [3.8, 4) is 11.5 Å². The molecule has 6 rings (SSSR count). The van der Waals surface area contributed by atoms with Gasteiger partial charge >= 0.3 is 0 Å². The van der Waals surface area contributed by atoms with Crippen LogP contribution in [0.25, 0.3) is 0 Å². The standard InChI is InChI=1S/C27H36F2N4O4/c1-31(19-4-6-27(28,29)7-5-19)20-13-21-25(35)30-26(14-24(34)33(21)16-20)8-10-32(11-9-26)15-18-2-3-22-23(12-18)37-17-36-22/h2-3,12,19-21H,4-11,13-17H2,1H3,(H,30,35)/t20-,21-/m0/s1. The molecule has 37 heavy (non-hydrogen) atoms. The van der Waals surface area contributed by atoms with Crippen LogP contribution >= 0.6 is 0 Å². The van der Waals surface area contributed by atoms with Crippen LogP contribution in [0.15, 0.2) is 18.2 Å². The zero-order valence-corrected chi connectivity index (χ0v) is 21.4. The van der Waals surface area contributed by atoms with Gasteiger partial charge in [-0.15, -0.1) is 0 Å². The van der Waals surface area contributed by atoms with Crippen LogP contribution in [0.5, 0.6) is 11.5 Å². The summed E-state index contributed by atoms with van der Waals surface area (Å²) >= 11 is 0. The van der Waals surface area contributed by atoms with E-state index in [1.807, 2.05) is 19.2 Å². The van der Waals surface area contributed by atoms with Crippen molar-refractivity contribution in [2.45, 2.75) is 87.5 Å². The van der Waals surface area contributed by atoms with Gasteiger partial charge in [-0.25, -0.2) is 8.78 Å². The maximum absolute atomic E-state index is 13.6. The molecule has 1 aliphatic carbocycles. The van der Waals surface area contributed by atoms with Gasteiger partial charge in [0.15, 0.2) is 11.5 Å². The Balaban J connectivity index is 1.05. The maximum atomic E-state index is 13.6. The summed E-state index contributed by atoms with van der Waals surface area (Å²) in [4.78, 5) is 33.0. The van der Waals surface area contributed by atoms with E-state index in [0.29, 0.717) is 32.2 Å². The molecule has 0 aromatic heterocycles. The largest absolute Gasteiger partial charge is 0.454 e. The van der Waals surface area contributed by atoms with E-state index in [0.717, 1.165) is 49.5 Å². The number of hydrogen-bond donors (Lipinski definition) is 1. The van der Waals surface area contributed by atoms with Gasteiger partial charge in [0, 0.05) is 51.1 Å². The van der Waals surface area contributed by atoms with Gasteiger partial charge in [0.25, 0.3) is 0 Å². The van der Waals surface area contributed by atoms with Crippen LogP contribution in [0.3, 0.4) is 0 Å². The van der Waals surface area contributed by atoms with Crippen molar-refractivity contribution >= 4 is 11.8 Å². The molecule has 2 amide bonds. The molecule has 4 fully saturated rings. The van der Waals surface area contributed by atoms with E-state index in [2.05, 4.69) is 21.2 Å². The summed E-state index contributed by atoms with van der Waals surface area (Å²) in [6.45, 7) is 3.12. The molecule has 1 spiro atoms. The molecule has 1 N–H and O–H groups in total. The minimum Gasteiger partial charge on any atom is -0.454 e.